The van der Waals surface area contributed by atoms with Crippen LogP contribution in [0.4, 0.5) is 0 Å². The van der Waals surface area contributed by atoms with Crippen LogP contribution in [0, 0.1) is 5.92 Å². The van der Waals surface area contributed by atoms with E-state index in [-0.39, 0.29) is 6.42 Å². The van der Waals surface area contributed by atoms with Gasteiger partial charge in [0.25, 0.3) is 0 Å². The van der Waals surface area contributed by atoms with Crippen molar-refractivity contribution < 1.29 is 14.4 Å². The second-order valence-corrected chi connectivity index (χ2v) is 2.35. The Bertz CT molecular complexity index is 213. The fourth-order valence-electron chi connectivity index (χ4n) is 0.737. The molecule has 2 amide bonds. The summed E-state index contributed by atoms with van der Waals surface area (Å²) in [7, 11) is 0. The number of halogens is 1. The first kappa shape index (κ1) is 7.21. The number of rotatable bonds is 1. The van der Waals surface area contributed by atoms with Gasteiger partial charge in [0.15, 0.2) is 0 Å². The number of imide groups is 1. The molecule has 0 spiro atoms. The second-order valence-electron chi connectivity index (χ2n) is 1.97. The minimum Gasteiger partial charge on any atom is -0.296 e. The summed E-state index contributed by atoms with van der Waals surface area (Å²) in [4.78, 5) is 31.4. The molecule has 0 saturated carbocycles. The molecule has 4 nitrogen and oxygen atoms in total. The van der Waals surface area contributed by atoms with Gasteiger partial charge in [-0.1, -0.05) is 0 Å². The summed E-state index contributed by atoms with van der Waals surface area (Å²) in [6, 6.07) is 0. The van der Waals surface area contributed by atoms with Crippen LogP contribution in [-0.2, 0) is 14.4 Å². The Balaban J connectivity index is 2.72. The van der Waals surface area contributed by atoms with Crippen LogP contribution in [0.25, 0.3) is 0 Å². The van der Waals surface area contributed by atoms with Gasteiger partial charge >= 0.3 is 0 Å². The van der Waals surface area contributed by atoms with Gasteiger partial charge in [-0.15, -0.1) is 0 Å². The fraction of sp³-hybridized carbons (Fsp3) is 0.400. The Morgan fingerprint density at radius 3 is 2.40 bits per heavy atom. The highest BCUT2D eigenvalue weighted by Crippen LogP contribution is 2.13. The molecule has 1 unspecified atom stereocenters. The van der Waals surface area contributed by atoms with E-state index in [0.717, 1.165) is 0 Å². The maximum Gasteiger partial charge on any atom is 0.239 e. The van der Waals surface area contributed by atoms with Crippen LogP contribution < -0.4 is 5.32 Å². The van der Waals surface area contributed by atoms with Crippen LogP contribution in [0.5, 0.6) is 0 Å². The minimum absolute atomic E-state index is 0.110. The second kappa shape index (κ2) is 2.38. The van der Waals surface area contributed by atoms with Crippen LogP contribution in [0.2, 0.25) is 0 Å². The lowest BCUT2D eigenvalue weighted by atomic mass is 10.1. The van der Waals surface area contributed by atoms with Gasteiger partial charge in [-0.05, 0) is 11.6 Å². The van der Waals surface area contributed by atoms with Gasteiger partial charge in [-0.3, -0.25) is 19.7 Å². The van der Waals surface area contributed by atoms with E-state index in [1.165, 1.54) is 0 Å². The first-order valence-electron chi connectivity index (χ1n) is 2.64. The number of amides is 2. The average Bonchev–Trinajstić information content (AvgIpc) is 2.10. The number of nitrogens with one attached hydrogen (secondary N) is 1. The Hall–Kier alpha value is -0.900. The summed E-state index contributed by atoms with van der Waals surface area (Å²) in [5.41, 5.74) is 0. The lowest BCUT2D eigenvalue weighted by molar-refractivity contribution is -0.128. The molecule has 0 aromatic heterocycles. The van der Waals surface area contributed by atoms with E-state index in [0.29, 0.717) is 0 Å². The average molecular weight is 162 g/mol. The summed E-state index contributed by atoms with van der Waals surface area (Å²) >= 11 is 4.99. The Kier molecular flexibility index (Phi) is 1.72. The van der Waals surface area contributed by atoms with Gasteiger partial charge in [-0.2, -0.15) is 0 Å². The van der Waals surface area contributed by atoms with Crippen LogP contribution in [0.1, 0.15) is 6.42 Å². The molecule has 0 aromatic carbocycles. The summed E-state index contributed by atoms with van der Waals surface area (Å²) < 4.78 is 0. The van der Waals surface area contributed by atoms with Crippen LogP contribution in [-0.4, -0.2) is 17.1 Å². The Labute approximate surface area is 61.5 Å². The van der Waals surface area contributed by atoms with Crippen LogP contribution >= 0.6 is 11.6 Å². The van der Waals surface area contributed by atoms with Crippen molar-refractivity contribution in [3.05, 3.63) is 0 Å². The highest BCUT2D eigenvalue weighted by Gasteiger charge is 2.34. The van der Waals surface area contributed by atoms with E-state index in [4.69, 9.17) is 11.6 Å². The number of carbonyl (C=O) groups excluding carboxylic acids is 3. The molecule has 1 aliphatic rings. The molecule has 0 aliphatic carbocycles. The summed E-state index contributed by atoms with van der Waals surface area (Å²) in [6.07, 6.45) is -0.110. The van der Waals surface area contributed by atoms with E-state index in [1.54, 1.807) is 0 Å². The third-order valence-electron chi connectivity index (χ3n) is 1.24. The van der Waals surface area contributed by atoms with Gasteiger partial charge in [-0.25, -0.2) is 0 Å². The van der Waals surface area contributed by atoms with E-state index in [2.05, 4.69) is 0 Å². The standard InChI is InChI=1S/C5H4ClNO3/c6-4(9)2-1-3(8)7-5(2)10/h2H,1H2,(H,7,8,10). The number of hydrogen-bond donors (Lipinski definition) is 1. The van der Waals surface area contributed by atoms with Crippen molar-refractivity contribution in [3.63, 3.8) is 0 Å². The zero-order valence-corrected chi connectivity index (χ0v) is 5.64. The van der Waals surface area contributed by atoms with Crippen LogP contribution in [0.15, 0.2) is 0 Å². The van der Waals surface area contributed by atoms with Crippen molar-refractivity contribution in [1.29, 1.82) is 0 Å². The molecule has 0 aromatic rings. The van der Waals surface area contributed by atoms with E-state index >= 15 is 0 Å². The molecule has 1 rings (SSSR count). The number of carbonyl (C=O) groups is 3. The van der Waals surface area contributed by atoms with E-state index in [9.17, 15) is 14.4 Å². The zero-order valence-electron chi connectivity index (χ0n) is 4.89. The summed E-state index contributed by atoms with van der Waals surface area (Å²) in [5.74, 6) is -2.00. The van der Waals surface area contributed by atoms with Gasteiger partial charge in [0.05, 0.1) is 0 Å². The molecule has 1 atom stereocenters. The summed E-state index contributed by atoms with van der Waals surface area (Å²) in [5, 5.41) is 1.19. The third-order valence-corrected chi connectivity index (χ3v) is 1.51. The molecular formula is C5H4ClNO3. The van der Waals surface area contributed by atoms with Crippen molar-refractivity contribution in [1.82, 2.24) is 5.32 Å². The van der Waals surface area contributed by atoms with E-state index in [1.807, 2.05) is 5.32 Å². The predicted molar refractivity (Wildman–Crippen MR) is 32.1 cm³/mol. The molecule has 1 fully saturated rings. The maximum atomic E-state index is 10.6. The first-order valence-corrected chi connectivity index (χ1v) is 3.02. The third kappa shape index (κ3) is 1.16. The van der Waals surface area contributed by atoms with Crippen molar-refractivity contribution in [2.45, 2.75) is 6.42 Å². The SMILES string of the molecule is O=C1CC(C(=O)Cl)C(=O)N1. The Morgan fingerprint density at radius 2 is 2.20 bits per heavy atom. The molecule has 0 bridgehead atoms. The van der Waals surface area contributed by atoms with Gasteiger partial charge in [0.2, 0.25) is 17.1 Å². The van der Waals surface area contributed by atoms with Crippen LogP contribution in [0.3, 0.4) is 0 Å². The predicted octanol–water partition coefficient (Wildman–Crippen LogP) is -0.586. The lowest BCUT2D eigenvalue weighted by Gasteiger charge is -1.93. The monoisotopic (exact) mass is 161 g/mol. The van der Waals surface area contributed by atoms with Gasteiger partial charge < -0.3 is 0 Å². The van der Waals surface area contributed by atoms with Crippen molar-refractivity contribution >= 4 is 28.7 Å². The molecule has 1 N–H and O–H groups in total. The zero-order chi connectivity index (χ0) is 7.72. The molecule has 1 saturated heterocycles. The smallest absolute Gasteiger partial charge is 0.239 e. The van der Waals surface area contributed by atoms with Crippen molar-refractivity contribution in [2.75, 3.05) is 0 Å². The van der Waals surface area contributed by atoms with Gasteiger partial charge in [0.1, 0.15) is 5.92 Å². The van der Waals surface area contributed by atoms with Crippen molar-refractivity contribution in [2.24, 2.45) is 5.92 Å². The fourth-order valence-corrected chi connectivity index (χ4v) is 0.913. The summed E-state index contributed by atoms with van der Waals surface area (Å²) in [6.45, 7) is 0. The van der Waals surface area contributed by atoms with Gasteiger partial charge in [0, 0.05) is 6.42 Å². The highest BCUT2D eigenvalue weighted by molar-refractivity contribution is 6.66. The molecule has 5 heteroatoms. The largest absolute Gasteiger partial charge is 0.296 e. The molecule has 10 heavy (non-hydrogen) atoms. The van der Waals surface area contributed by atoms with Crippen molar-refractivity contribution in [3.8, 4) is 0 Å². The lowest BCUT2D eigenvalue weighted by Crippen LogP contribution is -2.24. The molecule has 0 radical (unpaired) electrons. The minimum atomic E-state index is -0.964. The molecule has 1 heterocycles. The van der Waals surface area contributed by atoms with E-state index < -0.39 is 23.0 Å². The Morgan fingerprint density at radius 1 is 1.60 bits per heavy atom. The topological polar surface area (TPSA) is 63.2 Å². The first-order chi connectivity index (χ1) is 4.61. The normalized spacial score (nSPS) is 24.7. The molecular weight excluding hydrogens is 158 g/mol. The highest BCUT2D eigenvalue weighted by atomic mass is 35.5. The quantitative estimate of drug-likeness (QED) is 0.318. The molecule has 54 valence electrons. The molecule has 1 aliphatic heterocycles. The number of hydrogen-bond acceptors (Lipinski definition) is 3. The maximum absolute atomic E-state index is 10.6.